The molecule has 3 heterocycles. The lowest BCUT2D eigenvalue weighted by molar-refractivity contribution is 0.945. The van der Waals surface area contributed by atoms with Gasteiger partial charge in [-0.2, -0.15) is 0 Å². The molecule has 1 aromatic rings. The number of rotatable bonds is 0. The molecule has 0 radical (unpaired) electrons. The fourth-order valence-corrected chi connectivity index (χ4v) is 6.64. The third-order valence-corrected chi connectivity index (χ3v) is 8.03. The number of hydrogen-bond acceptors (Lipinski definition) is 7. The van der Waals surface area contributed by atoms with Crippen LogP contribution in [0.1, 0.15) is 13.8 Å². The summed E-state index contributed by atoms with van der Waals surface area (Å²) in [5.41, 5.74) is 5.40. The molecule has 3 rings (SSSR count). The van der Waals surface area contributed by atoms with Gasteiger partial charge >= 0.3 is 0 Å². The molecule has 18 heavy (non-hydrogen) atoms. The Morgan fingerprint density at radius 2 is 1.67 bits per heavy atom. The van der Waals surface area contributed by atoms with Crippen LogP contribution in [0, 0.1) is 0 Å². The van der Waals surface area contributed by atoms with Crippen LogP contribution in [0.5, 0.6) is 0 Å². The van der Waals surface area contributed by atoms with Crippen molar-refractivity contribution in [1.82, 2.24) is 9.97 Å². The highest BCUT2D eigenvalue weighted by molar-refractivity contribution is 8.32. The van der Waals surface area contributed by atoms with Crippen molar-refractivity contribution < 1.29 is 0 Å². The fraction of sp³-hybridized carbons (Fsp3) is 0.200. The number of nitrogen functional groups attached to an aromatic ring is 1. The number of allylic oxidation sites excluding steroid dienone is 2. The third-order valence-electron chi connectivity index (χ3n) is 2.40. The zero-order valence-electron chi connectivity index (χ0n) is 9.57. The summed E-state index contributed by atoms with van der Waals surface area (Å²) in [6, 6.07) is 0. The maximum atomic E-state index is 11.8. The molecule has 1 aromatic heterocycles. The molecule has 4 nitrogen and oxygen atoms in total. The average molecular weight is 315 g/mol. The molecule has 0 fully saturated rings. The molecule has 94 valence electrons. The van der Waals surface area contributed by atoms with Gasteiger partial charge in [-0.1, -0.05) is 47.0 Å². The van der Waals surface area contributed by atoms with Crippen molar-refractivity contribution >= 4 is 53.0 Å². The lowest BCUT2D eigenvalue weighted by atomic mass is 10.6. The number of nitrogens with two attached hydrogens (primary N) is 1. The lowest BCUT2D eigenvalue weighted by Crippen LogP contribution is -2.12. The molecule has 0 saturated heterocycles. The summed E-state index contributed by atoms with van der Waals surface area (Å²) >= 11 is 6.54. The van der Waals surface area contributed by atoms with E-state index in [-0.39, 0.29) is 11.5 Å². The third kappa shape index (κ3) is 2.11. The second-order valence-corrected chi connectivity index (χ2v) is 8.67. The Morgan fingerprint density at radius 1 is 1.06 bits per heavy atom. The van der Waals surface area contributed by atoms with Crippen LogP contribution in [0.4, 0.5) is 5.95 Å². The van der Waals surface area contributed by atoms with E-state index in [9.17, 15) is 4.79 Å². The number of hydrogen-bond donors (Lipinski definition) is 2. The zero-order chi connectivity index (χ0) is 12.9. The number of fused-ring (bicyclic) bond motifs is 1. The van der Waals surface area contributed by atoms with Crippen molar-refractivity contribution in [2.24, 2.45) is 0 Å². The van der Waals surface area contributed by atoms with Crippen LogP contribution < -0.4 is 11.3 Å². The largest absolute Gasteiger partial charge is 0.369 e. The van der Waals surface area contributed by atoms with Crippen molar-refractivity contribution in [2.75, 3.05) is 5.73 Å². The first kappa shape index (κ1) is 12.6. The van der Waals surface area contributed by atoms with Crippen LogP contribution in [0.2, 0.25) is 0 Å². The van der Waals surface area contributed by atoms with E-state index >= 15 is 0 Å². The number of anilines is 1. The number of H-pyrrole nitrogens is 1. The summed E-state index contributed by atoms with van der Waals surface area (Å²) in [5.74, 6) is 0.176. The first-order chi connectivity index (χ1) is 8.54. The van der Waals surface area contributed by atoms with E-state index in [4.69, 9.17) is 5.73 Å². The molecule has 2 aliphatic rings. The van der Waals surface area contributed by atoms with E-state index in [1.807, 2.05) is 0 Å². The normalized spacial score (nSPS) is 18.8. The molecule has 0 unspecified atom stereocenters. The quantitative estimate of drug-likeness (QED) is 0.711. The van der Waals surface area contributed by atoms with Gasteiger partial charge < -0.3 is 5.73 Å². The van der Waals surface area contributed by atoms with E-state index in [0.717, 1.165) is 4.24 Å². The number of aromatic nitrogens is 2. The molecule has 0 saturated carbocycles. The van der Waals surface area contributed by atoms with Gasteiger partial charge in [0.2, 0.25) is 5.95 Å². The molecule has 0 spiro atoms. The van der Waals surface area contributed by atoms with Gasteiger partial charge in [0, 0.05) is 0 Å². The molecule has 0 aromatic carbocycles. The van der Waals surface area contributed by atoms with Crippen molar-refractivity contribution in [3.05, 3.63) is 28.6 Å². The number of aromatic amines is 1. The Kier molecular flexibility index (Phi) is 3.21. The zero-order valence-corrected chi connectivity index (χ0v) is 12.8. The van der Waals surface area contributed by atoms with Crippen molar-refractivity contribution in [1.29, 1.82) is 0 Å². The minimum atomic E-state index is -0.153. The molecule has 0 amide bonds. The van der Waals surface area contributed by atoms with Crippen molar-refractivity contribution in [3.63, 3.8) is 0 Å². The molecule has 8 heteroatoms. The van der Waals surface area contributed by atoms with E-state index in [2.05, 4.69) is 23.8 Å². The van der Waals surface area contributed by atoms with Crippen LogP contribution in [0.25, 0.3) is 0 Å². The topological polar surface area (TPSA) is 71.8 Å². The Labute approximate surface area is 121 Å². The van der Waals surface area contributed by atoms with Crippen LogP contribution in [-0.2, 0) is 0 Å². The predicted octanol–water partition coefficient (Wildman–Crippen LogP) is 3.41. The highest BCUT2D eigenvalue weighted by Gasteiger charge is 2.28. The molecule has 3 N–H and O–H groups in total. The van der Waals surface area contributed by atoms with Gasteiger partial charge in [-0.3, -0.25) is 9.78 Å². The average Bonchev–Trinajstić information content (AvgIpc) is 2.84. The molecule has 0 aliphatic carbocycles. The molecular weight excluding hydrogens is 306 g/mol. The Hall–Kier alpha value is -0.440. The molecule has 0 bridgehead atoms. The summed E-state index contributed by atoms with van der Waals surface area (Å²) in [7, 11) is 0. The fourth-order valence-electron chi connectivity index (χ4n) is 1.43. The Balaban J connectivity index is 1.97. The van der Waals surface area contributed by atoms with Gasteiger partial charge in [-0.15, -0.1) is 0 Å². The van der Waals surface area contributed by atoms with Gasteiger partial charge in [-0.25, -0.2) is 4.98 Å². The maximum Gasteiger partial charge on any atom is 0.267 e. The predicted molar refractivity (Wildman–Crippen MR) is 81.6 cm³/mol. The highest BCUT2D eigenvalue weighted by atomic mass is 32.2. The van der Waals surface area contributed by atoms with E-state index < -0.39 is 0 Å². The van der Waals surface area contributed by atoms with Crippen LogP contribution in [-0.4, -0.2) is 9.97 Å². The Bertz CT molecular complexity index is 646. The SMILES string of the molecule is CC1=C(C)SC(=C2Sc3nc(N)[nH]c(=O)c3S2)S1. The first-order valence-electron chi connectivity index (χ1n) is 5.07. The van der Waals surface area contributed by atoms with Gasteiger partial charge in [-0.05, 0) is 23.7 Å². The standard InChI is InChI=1S/C10H9N3OS4/c1-3-4(2)16-8(15-3)9-17-5-6(14)12-10(11)13-7(5)18-9/h1-2H3,(H3,11,12,13,14). The summed E-state index contributed by atoms with van der Waals surface area (Å²) < 4.78 is 2.36. The number of nitrogens with one attached hydrogen (secondary N) is 1. The van der Waals surface area contributed by atoms with Crippen molar-refractivity contribution in [2.45, 2.75) is 23.8 Å². The summed E-state index contributed by atoms with van der Waals surface area (Å²) in [6.45, 7) is 4.22. The molecule has 2 aliphatic heterocycles. The van der Waals surface area contributed by atoms with Crippen LogP contribution >= 0.6 is 47.0 Å². The number of thioether (sulfide) groups is 4. The monoisotopic (exact) mass is 315 g/mol. The van der Waals surface area contributed by atoms with Gasteiger partial charge in [0.05, 0.1) is 8.47 Å². The maximum absolute atomic E-state index is 11.8. The summed E-state index contributed by atoms with van der Waals surface area (Å²) in [4.78, 5) is 21.8. The van der Waals surface area contributed by atoms with Gasteiger partial charge in [0.15, 0.2) is 0 Å². The van der Waals surface area contributed by atoms with E-state index in [0.29, 0.717) is 9.92 Å². The van der Waals surface area contributed by atoms with Crippen LogP contribution in [0.15, 0.2) is 33.0 Å². The van der Waals surface area contributed by atoms with Gasteiger partial charge in [0.1, 0.15) is 9.92 Å². The smallest absolute Gasteiger partial charge is 0.267 e. The lowest BCUT2D eigenvalue weighted by Gasteiger charge is -1.99. The summed E-state index contributed by atoms with van der Waals surface area (Å²) in [6.07, 6.45) is 0. The van der Waals surface area contributed by atoms with Crippen LogP contribution in [0.3, 0.4) is 0 Å². The van der Waals surface area contributed by atoms with Gasteiger partial charge in [0.25, 0.3) is 5.56 Å². The van der Waals surface area contributed by atoms with E-state index in [1.165, 1.54) is 37.6 Å². The minimum Gasteiger partial charge on any atom is -0.369 e. The highest BCUT2D eigenvalue weighted by Crippen LogP contribution is 2.59. The second kappa shape index (κ2) is 4.59. The number of nitrogens with zero attached hydrogens (tertiary/aromatic N) is 1. The second-order valence-electron chi connectivity index (χ2n) is 3.68. The minimum absolute atomic E-state index is 0.153. The molecular formula is C10H9N3OS4. The Morgan fingerprint density at radius 3 is 2.33 bits per heavy atom. The molecule has 0 atom stereocenters. The van der Waals surface area contributed by atoms with Crippen molar-refractivity contribution in [3.8, 4) is 0 Å². The summed E-state index contributed by atoms with van der Waals surface area (Å²) in [5, 5.41) is 0.715. The first-order valence-corrected chi connectivity index (χ1v) is 8.34. The van der Waals surface area contributed by atoms with E-state index in [1.54, 1.807) is 23.5 Å².